The van der Waals surface area contributed by atoms with Gasteiger partial charge in [0.05, 0.1) is 4.90 Å². The fourth-order valence-corrected chi connectivity index (χ4v) is 4.54. The first-order valence-electron chi connectivity index (χ1n) is 8.82. The fraction of sp³-hybridized carbons (Fsp3) is 0.562. The highest BCUT2D eigenvalue weighted by atomic mass is 32.2. The van der Waals surface area contributed by atoms with E-state index in [4.69, 9.17) is 4.84 Å². The lowest BCUT2D eigenvalue weighted by atomic mass is 10.2. The van der Waals surface area contributed by atoms with Crippen LogP contribution in [-0.4, -0.2) is 59.5 Å². The van der Waals surface area contributed by atoms with Gasteiger partial charge in [0, 0.05) is 19.1 Å². The molecule has 0 radical (unpaired) electrons. The molecule has 1 saturated carbocycles. The van der Waals surface area contributed by atoms with Crippen molar-refractivity contribution in [2.45, 2.75) is 43.0 Å². The van der Waals surface area contributed by atoms with Crippen molar-refractivity contribution in [3.8, 4) is 0 Å². The van der Waals surface area contributed by atoms with Crippen LogP contribution >= 0.6 is 0 Å². The molecule has 0 bridgehead atoms. The van der Waals surface area contributed by atoms with Gasteiger partial charge in [0.2, 0.25) is 10.0 Å². The fourth-order valence-electron chi connectivity index (χ4n) is 3.00. The maximum Gasteiger partial charge on any atom is 0.260 e. The minimum Gasteiger partial charge on any atom is -0.385 e. The highest BCUT2D eigenvalue weighted by Crippen LogP contribution is 2.23. The van der Waals surface area contributed by atoms with Gasteiger partial charge in [0.15, 0.2) is 6.61 Å². The number of nitrogens with one attached hydrogen (secondary N) is 1. The second-order valence-electron chi connectivity index (χ2n) is 6.69. The number of hydrogen-bond donors (Lipinski definition) is 1. The number of hydrogen-bond acceptors (Lipinski definition) is 6. The molecule has 1 aliphatic carbocycles. The SMILES string of the molecule is O=C(COn1nnc2ccc(S(=O)(=O)N3CCCCC3)cc21)NC1CC1. The van der Waals surface area contributed by atoms with Crippen molar-refractivity contribution < 1.29 is 18.0 Å². The van der Waals surface area contributed by atoms with E-state index in [2.05, 4.69) is 15.6 Å². The lowest BCUT2D eigenvalue weighted by molar-refractivity contribution is -0.126. The largest absolute Gasteiger partial charge is 0.385 e. The zero-order valence-corrected chi connectivity index (χ0v) is 15.1. The number of rotatable bonds is 6. The number of sulfonamides is 1. The molecule has 1 amide bonds. The number of amides is 1. The quantitative estimate of drug-likeness (QED) is 0.774. The van der Waals surface area contributed by atoms with Crippen molar-refractivity contribution in [2.24, 2.45) is 0 Å². The van der Waals surface area contributed by atoms with Crippen molar-refractivity contribution in [3.63, 3.8) is 0 Å². The van der Waals surface area contributed by atoms with Gasteiger partial charge >= 0.3 is 0 Å². The Kier molecular flexibility index (Phi) is 4.53. The summed E-state index contributed by atoms with van der Waals surface area (Å²) in [4.78, 5) is 18.4. The van der Waals surface area contributed by atoms with Crippen LogP contribution in [0.15, 0.2) is 23.1 Å². The molecule has 0 spiro atoms. The summed E-state index contributed by atoms with van der Waals surface area (Å²) in [5.74, 6) is -0.228. The van der Waals surface area contributed by atoms with Gasteiger partial charge in [-0.25, -0.2) is 8.42 Å². The molecule has 2 heterocycles. The van der Waals surface area contributed by atoms with E-state index in [1.165, 1.54) is 16.4 Å². The van der Waals surface area contributed by atoms with Crippen molar-refractivity contribution in [3.05, 3.63) is 18.2 Å². The van der Waals surface area contributed by atoms with Crippen LogP contribution in [0.5, 0.6) is 0 Å². The first kappa shape index (κ1) is 17.2. The monoisotopic (exact) mass is 379 g/mol. The van der Waals surface area contributed by atoms with E-state index in [1.54, 1.807) is 6.07 Å². The molecule has 2 fully saturated rings. The Hall–Kier alpha value is -2.20. The van der Waals surface area contributed by atoms with E-state index >= 15 is 0 Å². The normalized spacial score (nSPS) is 18.8. The molecule has 9 nitrogen and oxygen atoms in total. The average molecular weight is 379 g/mol. The first-order valence-corrected chi connectivity index (χ1v) is 10.3. The standard InChI is InChI=1S/C16H21N5O4S/c22-16(17-12-4-5-12)11-25-21-15-10-13(6-7-14(15)18-19-21)26(23,24)20-8-2-1-3-9-20/h6-7,10,12H,1-5,8-9,11H2,(H,17,22). The molecule has 10 heteroatoms. The highest BCUT2D eigenvalue weighted by Gasteiger charge is 2.27. The van der Waals surface area contributed by atoms with Gasteiger partial charge in [0.1, 0.15) is 11.0 Å². The third-order valence-electron chi connectivity index (χ3n) is 4.60. The summed E-state index contributed by atoms with van der Waals surface area (Å²) >= 11 is 0. The van der Waals surface area contributed by atoms with Crippen LogP contribution in [0, 0.1) is 0 Å². The molecule has 0 atom stereocenters. The Morgan fingerprint density at radius 2 is 2.00 bits per heavy atom. The third-order valence-corrected chi connectivity index (χ3v) is 6.49. The van der Waals surface area contributed by atoms with Crippen molar-refractivity contribution in [1.29, 1.82) is 0 Å². The summed E-state index contributed by atoms with van der Waals surface area (Å²) in [7, 11) is -3.56. The lowest BCUT2D eigenvalue weighted by Crippen LogP contribution is -2.35. The maximum absolute atomic E-state index is 12.8. The molecule has 0 unspecified atom stereocenters. The molecular formula is C16H21N5O4S. The van der Waals surface area contributed by atoms with Crippen LogP contribution in [0.1, 0.15) is 32.1 Å². The Morgan fingerprint density at radius 1 is 1.23 bits per heavy atom. The van der Waals surface area contributed by atoms with Crippen LogP contribution in [0.25, 0.3) is 11.0 Å². The Labute approximate surface area is 151 Å². The van der Waals surface area contributed by atoms with Crippen LogP contribution in [0.2, 0.25) is 0 Å². The Morgan fingerprint density at radius 3 is 2.73 bits per heavy atom. The summed E-state index contributed by atoms with van der Waals surface area (Å²) in [6.45, 7) is 0.878. The van der Waals surface area contributed by atoms with Gasteiger partial charge in [-0.05, 0) is 49.1 Å². The first-order chi connectivity index (χ1) is 12.5. The van der Waals surface area contributed by atoms with Gasteiger partial charge in [0.25, 0.3) is 5.91 Å². The topological polar surface area (TPSA) is 106 Å². The summed E-state index contributed by atoms with van der Waals surface area (Å²) < 4.78 is 27.2. The summed E-state index contributed by atoms with van der Waals surface area (Å²) in [6, 6.07) is 4.88. The van der Waals surface area contributed by atoms with Crippen LogP contribution < -0.4 is 10.2 Å². The summed E-state index contributed by atoms with van der Waals surface area (Å²) in [5, 5.41) is 10.6. The molecule has 2 aliphatic rings. The minimum atomic E-state index is -3.56. The molecular weight excluding hydrogens is 358 g/mol. The molecule has 26 heavy (non-hydrogen) atoms. The van der Waals surface area contributed by atoms with E-state index in [-0.39, 0.29) is 23.5 Å². The van der Waals surface area contributed by atoms with Crippen molar-refractivity contribution >= 4 is 27.0 Å². The number of nitrogens with zero attached hydrogens (tertiary/aromatic N) is 4. The van der Waals surface area contributed by atoms with E-state index in [0.29, 0.717) is 24.1 Å². The number of fused-ring (bicyclic) bond motifs is 1. The molecule has 1 N–H and O–H groups in total. The zero-order valence-electron chi connectivity index (χ0n) is 14.3. The molecule has 4 rings (SSSR count). The van der Waals surface area contributed by atoms with E-state index < -0.39 is 10.0 Å². The van der Waals surface area contributed by atoms with Crippen molar-refractivity contribution in [1.82, 2.24) is 24.8 Å². The minimum absolute atomic E-state index is 0.182. The predicted molar refractivity (Wildman–Crippen MR) is 92.7 cm³/mol. The number of aromatic nitrogens is 3. The molecule has 1 aromatic heterocycles. The molecule has 2 aromatic rings. The van der Waals surface area contributed by atoms with Crippen molar-refractivity contribution in [2.75, 3.05) is 19.7 Å². The van der Waals surface area contributed by atoms with Gasteiger partial charge < -0.3 is 10.2 Å². The number of carbonyl (C=O) groups is 1. The maximum atomic E-state index is 12.8. The van der Waals surface area contributed by atoms with E-state index in [9.17, 15) is 13.2 Å². The van der Waals surface area contributed by atoms with Gasteiger partial charge in [-0.2, -0.15) is 4.31 Å². The molecule has 1 aromatic carbocycles. The van der Waals surface area contributed by atoms with E-state index in [1.807, 2.05) is 0 Å². The smallest absolute Gasteiger partial charge is 0.260 e. The van der Waals surface area contributed by atoms with Gasteiger partial charge in [-0.15, -0.1) is 5.10 Å². The highest BCUT2D eigenvalue weighted by molar-refractivity contribution is 7.89. The Bertz CT molecular complexity index is 916. The second-order valence-corrected chi connectivity index (χ2v) is 8.63. The summed E-state index contributed by atoms with van der Waals surface area (Å²) in [5.41, 5.74) is 0.924. The summed E-state index contributed by atoms with van der Waals surface area (Å²) in [6.07, 6.45) is 4.80. The third kappa shape index (κ3) is 3.51. The number of benzene rings is 1. The molecule has 1 aliphatic heterocycles. The molecule has 1 saturated heterocycles. The predicted octanol–water partition coefficient (Wildman–Crippen LogP) is 0.313. The molecule has 140 valence electrons. The van der Waals surface area contributed by atoms with Crippen LogP contribution in [0.4, 0.5) is 0 Å². The number of piperidine rings is 1. The number of carbonyl (C=O) groups excluding carboxylic acids is 1. The average Bonchev–Trinajstić information content (AvgIpc) is 3.37. The van der Waals surface area contributed by atoms with Gasteiger partial charge in [-0.1, -0.05) is 11.3 Å². The Balaban J connectivity index is 1.54. The lowest BCUT2D eigenvalue weighted by Gasteiger charge is -2.25. The van der Waals surface area contributed by atoms with Crippen LogP contribution in [0.3, 0.4) is 0 Å². The van der Waals surface area contributed by atoms with Crippen LogP contribution in [-0.2, 0) is 14.8 Å². The van der Waals surface area contributed by atoms with Gasteiger partial charge in [-0.3, -0.25) is 4.79 Å². The second kappa shape index (κ2) is 6.84. The van der Waals surface area contributed by atoms with E-state index in [0.717, 1.165) is 36.9 Å². The zero-order chi connectivity index (χ0) is 18.1.